The summed E-state index contributed by atoms with van der Waals surface area (Å²) in [5.74, 6) is 0.901. The summed E-state index contributed by atoms with van der Waals surface area (Å²) in [6.45, 7) is 1.25. The number of hydrogen-bond donors (Lipinski definition) is 2. The van der Waals surface area contributed by atoms with Gasteiger partial charge in [0, 0.05) is 39.3 Å². The first-order valence-corrected chi connectivity index (χ1v) is 10.3. The molecule has 29 heavy (non-hydrogen) atoms. The molecule has 0 aromatic carbocycles. The summed E-state index contributed by atoms with van der Waals surface area (Å²) < 4.78 is 0. The molecule has 8 heteroatoms. The van der Waals surface area contributed by atoms with E-state index < -0.39 is 5.54 Å². The Hall–Kier alpha value is -2.82. The van der Waals surface area contributed by atoms with Crippen molar-refractivity contribution >= 4 is 17.8 Å². The maximum atomic E-state index is 13.0. The van der Waals surface area contributed by atoms with Crippen molar-refractivity contribution in [2.45, 2.75) is 50.0 Å². The van der Waals surface area contributed by atoms with Crippen LogP contribution in [0.5, 0.6) is 0 Å². The van der Waals surface area contributed by atoms with Crippen LogP contribution in [0.3, 0.4) is 0 Å². The van der Waals surface area contributed by atoms with Crippen LogP contribution in [0.25, 0.3) is 0 Å². The molecule has 2 N–H and O–H groups in total. The molecular formula is C21H30N6O2. The molecule has 1 atom stereocenters. The zero-order valence-electron chi connectivity index (χ0n) is 17.3. The van der Waals surface area contributed by atoms with Crippen molar-refractivity contribution in [3.8, 4) is 6.07 Å². The first-order chi connectivity index (χ1) is 13.9. The number of hydrogen-bond acceptors (Lipinski definition) is 5. The zero-order valence-corrected chi connectivity index (χ0v) is 17.3. The van der Waals surface area contributed by atoms with Gasteiger partial charge in [-0.25, -0.2) is 9.78 Å². The molecule has 1 saturated carbocycles. The number of likely N-dealkylation sites (tertiary alicyclic amines) is 1. The van der Waals surface area contributed by atoms with E-state index in [9.17, 15) is 9.59 Å². The van der Waals surface area contributed by atoms with Crippen LogP contribution < -0.4 is 15.5 Å². The number of nitriles is 1. The van der Waals surface area contributed by atoms with Gasteiger partial charge in [0.2, 0.25) is 5.91 Å². The number of pyridine rings is 1. The molecule has 1 aliphatic carbocycles. The van der Waals surface area contributed by atoms with Gasteiger partial charge in [0.1, 0.15) is 17.9 Å². The van der Waals surface area contributed by atoms with E-state index in [4.69, 9.17) is 5.26 Å². The Morgan fingerprint density at radius 2 is 2.07 bits per heavy atom. The van der Waals surface area contributed by atoms with Crippen molar-refractivity contribution in [3.63, 3.8) is 0 Å². The van der Waals surface area contributed by atoms with E-state index in [-0.39, 0.29) is 24.4 Å². The summed E-state index contributed by atoms with van der Waals surface area (Å²) in [5, 5.41) is 14.4. The number of aromatic nitrogens is 1. The predicted octanol–water partition coefficient (Wildman–Crippen LogP) is 1.99. The summed E-state index contributed by atoms with van der Waals surface area (Å²) in [5.41, 5.74) is 0.242. The minimum atomic E-state index is -0.893. The molecular weight excluding hydrogens is 368 g/mol. The number of anilines is 1. The van der Waals surface area contributed by atoms with Crippen molar-refractivity contribution < 1.29 is 9.59 Å². The molecule has 2 aliphatic rings. The SMILES string of the molecule is CN(C)c1ccc(C2CCCN(C(=O)NC3(C(=O)NCC#N)CCCC3)C2)cn1. The highest BCUT2D eigenvalue weighted by Crippen LogP contribution is 2.31. The Labute approximate surface area is 172 Å². The Morgan fingerprint density at radius 1 is 1.31 bits per heavy atom. The van der Waals surface area contributed by atoms with Gasteiger partial charge in [-0.2, -0.15) is 5.26 Å². The van der Waals surface area contributed by atoms with Crippen molar-refractivity contribution in [1.82, 2.24) is 20.5 Å². The fourth-order valence-electron chi connectivity index (χ4n) is 4.30. The van der Waals surface area contributed by atoms with Gasteiger partial charge in [0.25, 0.3) is 0 Å². The largest absolute Gasteiger partial charge is 0.363 e. The molecule has 156 valence electrons. The number of amides is 3. The lowest BCUT2D eigenvalue weighted by molar-refractivity contribution is -0.126. The molecule has 1 aromatic heterocycles. The summed E-state index contributed by atoms with van der Waals surface area (Å²) in [4.78, 5) is 33.9. The van der Waals surface area contributed by atoms with Gasteiger partial charge in [-0.1, -0.05) is 18.9 Å². The summed E-state index contributed by atoms with van der Waals surface area (Å²) >= 11 is 0. The molecule has 0 spiro atoms. The number of nitrogens with zero attached hydrogens (tertiary/aromatic N) is 4. The highest BCUT2D eigenvalue weighted by Gasteiger charge is 2.43. The normalized spacial score (nSPS) is 20.6. The van der Waals surface area contributed by atoms with Crippen molar-refractivity contribution in [1.29, 1.82) is 5.26 Å². The van der Waals surface area contributed by atoms with Crippen LogP contribution >= 0.6 is 0 Å². The average Bonchev–Trinajstić information content (AvgIpc) is 3.21. The first kappa shape index (κ1) is 20.9. The summed E-state index contributed by atoms with van der Waals surface area (Å²) in [6.07, 6.45) is 6.85. The smallest absolute Gasteiger partial charge is 0.318 e. The monoisotopic (exact) mass is 398 g/mol. The van der Waals surface area contributed by atoms with Crippen LogP contribution in [0.4, 0.5) is 10.6 Å². The van der Waals surface area contributed by atoms with Crippen LogP contribution in [0.1, 0.15) is 50.0 Å². The third-order valence-electron chi connectivity index (χ3n) is 5.97. The van der Waals surface area contributed by atoms with E-state index in [2.05, 4.69) is 21.7 Å². The highest BCUT2D eigenvalue weighted by molar-refractivity contribution is 5.91. The third-order valence-corrected chi connectivity index (χ3v) is 5.97. The molecule has 1 unspecified atom stereocenters. The Kier molecular flexibility index (Phi) is 6.57. The van der Waals surface area contributed by atoms with Gasteiger partial charge in [-0.05, 0) is 37.3 Å². The lowest BCUT2D eigenvalue weighted by atomic mass is 9.91. The minimum absolute atomic E-state index is 0.0435. The molecule has 1 aromatic rings. The van der Waals surface area contributed by atoms with Gasteiger partial charge in [-0.3, -0.25) is 4.79 Å². The predicted molar refractivity (Wildman–Crippen MR) is 110 cm³/mol. The van der Waals surface area contributed by atoms with Gasteiger partial charge < -0.3 is 20.4 Å². The number of rotatable bonds is 5. The number of urea groups is 1. The number of nitrogens with one attached hydrogen (secondary N) is 2. The van der Waals surface area contributed by atoms with E-state index in [0.717, 1.165) is 37.1 Å². The number of carbonyl (C=O) groups is 2. The Morgan fingerprint density at radius 3 is 2.69 bits per heavy atom. The minimum Gasteiger partial charge on any atom is -0.363 e. The zero-order chi connectivity index (χ0) is 20.9. The van der Waals surface area contributed by atoms with Gasteiger partial charge >= 0.3 is 6.03 Å². The van der Waals surface area contributed by atoms with Crippen LogP contribution in [-0.4, -0.2) is 61.1 Å². The van der Waals surface area contributed by atoms with Crippen molar-refractivity contribution in [3.05, 3.63) is 23.9 Å². The van der Waals surface area contributed by atoms with Crippen LogP contribution in [0.15, 0.2) is 18.3 Å². The Bertz CT molecular complexity index is 764. The van der Waals surface area contributed by atoms with Crippen LogP contribution in [0.2, 0.25) is 0 Å². The second-order valence-corrected chi connectivity index (χ2v) is 8.19. The quantitative estimate of drug-likeness (QED) is 0.739. The average molecular weight is 399 g/mol. The standard InChI is InChI=1S/C21H30N6O2/c1-26(2)18-8-7-16(14-24-18)17-6-5-13-27(15-17)20(29)25-21(9-3-4-10-21)19(28)23-12-11-22/h7-8,14,17H,3-6,9-10,12-13,15H2,1-2H3,(H,23,28)(H,25,29). The molecule has 8 nitrogen and oxygen atoms in total. The van der Waals surface area contributed by atoms with E-state index in [0.29, 0.717) is 25.9 Å². The fraction of sp³-hybridized carbons (Fsp3) is 0.619. The molecule has 3 amide bonds. The van der Waals surface area contributed by atoms with E-state index >= 15 is 0 Å². The second kappa shape index (κ2) is 9.12. The molecule has 2 fully saturated rings. The fourth-order valence-corrected chi connectivity index (χ4v) is 4.30. The van der Waals surface area contributed by atoms with Crippen molar-refractivity contribution in [2.75, 3.05) is 38.6 Å². The topological polar surface area (TPSA) is 101 Å². The highest BCUT2D eigenvalue weighted by atomic mass is 16.2. The summed E-state index contributed by atoms with van der Waals surface area (Å²) in [7, 11) is 3.92. The molecule has 0 radical (unpaired) electrons. The number of carbonyl (C=O) groups excluding carboxylic acids is 2. The molecule has 1 aliphatic heterocycles. The lowest BCUT2D eigenvalue weighted by Gasteiger charge is -2.36. The summed E-state index contributed by atoms with van der Waals surface area (Å²) in [6, 6.07) is 5.82. The van der Waals surface area contributed by atoms with Crippen LogP contribution in [0, 0.1) is 11.3 Å². The van der Waals surface area contributed by atoms with Crippen LogP contribution in [-0.2, 0) is 4.79 Å². The van der Waals surface area contributed by atoms with Gasteiger partial charge in [0.05, 0.1) is 6.07 Å². The molecule has 0 bridgehead atoms. The first-order valence-electron chi connectivity index (χ1n) is 10.3. The lowest BCUT2D eigenvalue weighted by Crippen LogP contribution is -2.60. The number of piperidine rings is 1. The third kappa shape index (κ3) is 4.78. The van der Waals surface area contributed by atoms with Crippen molar-refractivity contribution in [2.24, 2.45) is 0 Å². The molecule has 2 heterocycles. The van der Waals surface area contributed by atoms with E-state index in [1.165, 1.54) is 0 Å². The molecule has 1 saturated heterocycles. The Balaban J connectivity index is 1.65. The maximum Gasteiger partial charge on any atom is 0.318 e. The second-order valence-electron chi connectivity index (χ2n) is 8.19. The van der Waals surface area contributed by atoms with E-state index in [1.54, 1.807) is 0 Å². The molecule has 3 rings (SSSR count). The maximum absolute atomic E-state index is 13.0. The van der Waals surface area contributed by atoms with Gasteiger partial charge in [0.15, 0.2) is 0 Å². The van der Waals surface area contributed by atoms with E-state index in [1.807, 2.05) is 42.2 Å². The van der Waals surface area contributed by atoms with Gasteiger partial charge in [-0.15, -0.1) is 0 Å².